The van der Waals surface area contributed by atoms with E-state index in [9.17, 15) is 9.59 Å². The summed E-state index contributed by atoms with van der Waals surface area (Å²) in [5.41, 5.74) is 0. The van der Waals surface area contributed by atoms with Gasteiger partial charge in [0.25, 0.3) is 0 Å². The van der Waals surface area contributed by atoms with Crippen LogP contribution < -0.4 is 0 Å². The van der Waals surface area contributed by atoms with Crippen molar-refractivity contribution in [3.8, 4) is 0 Å². The zero-order valence-electron chi connectivity index (χ0n) is 17.6. The van der Waals surface area contributed by atoms with Gasteiger partial charge in [-0.25, -0.2) is 0 Å². The first-order valence-electron chi connectivity index (χ1n) is 10.9. The van der Waals surface area contributed by atoms with Crippen LogP contribution in [0.25, 0.3) is 0 Å². The van der Waals surface area contributed by atoms with Crippen LogP contribution in [0.4, 0.5) is 0 Å². The van der Waals surface area contributed by atoms with Gasteiger partial charge in [-0.3, -0.25) is 9.59 Å². The van der Waals surface area contributed by atoms with Crippen LogP contribution in [-0.2, 0) is 19.1 Å². The van der Waals surface area contributed by atoms with Gasteiger partial charge in [-0.15, -0.1) is 11.6 Å². The second kappa shape index (κ2) is 20.0. The average molecular weight is 405 g/mol. The lowest BCUT2D eigenvalue weighted by atomic mass is 10.1. The van der Waals surface area contributed by atoms with Crippen LogP contribution in [0.3, 0.4) is 0 Å². The van der Waals surface area contributed by atoms with E-state index in [0.29, 0.717) is 44.8 Å². The molecule has 0 N–H and O–H groups in total. The van der Waals surface area contributed by atoms with Crippen molar-refractivity contribution >= 4 is 23.5 Å². The SMILES string of the molecule is CC(C)CCCOC(=O)CCCCC(=O)OCCCCCCCCCCCl. The molecule has 0 bridgehead atoms. The zero-order valence-corrected chi connectivity index (χ0v) is 18.4. The minimum Gasteiger partial charge on any atom is -0.466 e. The summed E-state index contributed by atoms with van der Waals surface area (Å²) in [5, 5.41) is 0. The molecule has 0 rings (SSSR count). The maximum atomic E-state index is 11.6. The zero-order chi connectivity index (χ0) is 20.2. The number of alkyl halides is 1. The Morgan fingerprint density at radius 3 is 1.59 bits per heavy atom. The van der Waals surface area contributed by atoms with Crippen molar-refractivity contribution in [1.82, 2.24) is 0 Å². The van der Waals surface area contributed by atoms with Gasteiger partial charge in [0, 0.05) is 18.7 Å². The molecule has 0 aliphatic carbocycles. The highest BCUT2D eigenvalue weighted by molar-refractivity contribution is 6.17. The van der Waals surface area contributed by atoms with Crippen LogP contribution in [0.1, 0.15) is 104 Å². The molecule has 0 radical (unpaired) electrons. The number of carbonyl (C=O) groups is 2. The number of rotatable bonds is 19. The molecule has 0 fully saturated rings. The van der Waals surface area contributed by atoms with Gasteiger partial charge in [0.1, 0.15) is 0 Å². The summed E-state index contributed by atoms with van der Waals surface area (Å²) in [7, 11) is 0. The summed E-state index contributed by atoms with van der Waals surface area (Å²) in [6, 6.07) is 0. The quantitative estimate of drug-likeness (QED) is 0.141. The fourth-order valence-electron chi connectivity index (χ4n) is 2.80. The van der Waals surface area contributed by atoms with E-state index < -0.39 is 0 Å². The van der Waals surface area contributed by atoms with Crippen molar-refractivity contribution in [2.45, 2.75) is 104 Å². The summed E-state index contributed by atoms with van der Waals surface area (Å²) in [6.07, 6.45) is 13.6. The predicted octanol–water partition coefficient (Wildman–Crippen LogP) is 6.43. The van der Waals surface area contributed by atoms with Crippen LogP contribution in [0.2, 0.25) is 0 Å². The number of ether oxygens (including phenoxy) is 2. The third-order valence-corrected chi connectivity index (χ3v) is 4.76. The Labute approximate surface area is 171 Å². The molecule has 0 spiro atoms. The maximum Gasteiger partial charge on any atom is 0.305 e. The molecule has 0 amide bonds. The van der Waals surface area contributed by atoms with Gasteiger partial charge in [0.2, 0.25) is 0 Å². The Morgan fingerprint density at radius 1 is 0.667 bits per heavy atom. The molecular weight excluding hydrogens is 364 g/mol. The van der Waals surface area contributed by atoms with Crippen LogP contribution in [0, 0.1) is 5.92 Å². The largest absolute Gasteiger partial charge is 0.466 e. The molecule has 160 valence electrons. The third-order valence-electron chi connectivity index (χ3n) is 4.49. The molecule has 0 atom stereocenters. The van der Waals surface area contributed by atoms with Crippen LogP contribution in [0.15, 0.2) is 0 Å². The lowest BCUT2D eigenvalue weighted by Gasteiger charge is -2.07. The molecule has 0 aliphatic heterocycles. The number of hydrogen-bond donors (Lipinski definition) is 0. The van der Waals surface area contributed by atoms with Gasteiger partial charge in [-0.1, -0.05) is 52.4 Å². The topological polar surface area (TPSA) is 52.6 Å². The Kier molecular flexibility index (Phi) is 19.4. The van der Waals surface area contributed by atoms with E-state index in [1.54, 1.807) is 0 Å². The van der Waals surface area contributed by atoms with Gasteiger partial charge in [0.15, 0.2) is 0 Å². The smallest absolute Gasteiger partial charge is 0.305 e. The molecule has 0 aliphatic rings. The van der Waals surface area contributed by atoms with E-state index >= 15 is 0 Å². The van der Waals surface area contributed by atoms with Crippen molar-refractivity contribution in [2.75, 3.05) is 19.1 Å². The standard InChI is InChI=1S/C22H41ClO4/c1-20(2)14-13-19-27-22(25)16-10-9-15-21(24)26-18-12-8-6-4-3-5-7-11-17-23/h20H,3-19H2,1-2H3. The van der Waals surface area contributed by atoms with E-state index in [2.05, 4.69) is 13.8 Å². The van der Waals surface area contributed by atoms with Gasteiger partial charge >= 0.3 is 11.9 Å². The van der Waals surface area contributed by atoms with E-state index in [1.165, 1.54) is 32.1 Å². The van der Waals surface area contributed by atoms with Crippen molar-refractivity contribution in [2.24, 2.45) is 5.92 Å². The first kappa shape index (κ1) is 26.2. The summed E-state index contributed by atoms with van der Waals surface area (Å²) in [4.78, 5) is 23.2. The lowest BCUT2D eigenvalue weighted by molar-refractivity contribution is -0.146. The number of unbranched alkanes of at least 4 members (excludes halogenated alkanes) is 8. The second-order valence-electron chi connectivity index (χ2n) is 7.70. The Morgan fingerprint density at radius 2 is 1.11 bits per heavy atom. The minimum absolute atomic E-state index is 0.152. The molecule has 0 aromatic carbocycles. The number of esters is 2. The molecule has 0 aromatic rings. The number of hydrogen-bond acceptors (Lipinski definition) is 4. The highest BCUT2D eigenvalue weighted by Crippen LogP contribution is 2.10. The number of carbonyl (C=O) groups excluding carboxylic acids is 2. The minimum atomic E-state index is -0.158. The highest BCUT2D eigenvalue weighted by atomic mass is 35.5. The second-order valence-corrected chi connectivity index (χ2v) is 8.08. The average Bonchev–Trinajstić information content (AvgIpc) is 2.63. The molecule has 0 saturated carbocycles. The van der Waals surface area contributed by atoms with Crippen LogP contribution >= 0.6 is 11.6 Å². The monoisotopic (exact) mass is 404 g/mol. The summed E-state index contributed by atoms with van der Waals surface area (Å²) < 4.78 is 10.4. The third kappa shape index (κ3) is 21.4. The maximum absolute atomic E-state index is 11.6. The van der Waals surface area contributed by atoms with Crippen molar-refractivity contribution in [3.05, 3.63) is 0 Å². The van der Waals surface area contributed by atoms with Crippen LogP contribution in [0.5, 0.6) is 0 Å². The van der Waals surface area contributed by atoms with Gasteiger partial charge in [0.05, 0.1) is 13.2 Å². The molecule has 5 heteroatoms. The molecule has 27 heavy (non-hydrogen) atoms. The van der Waals surface area contributed by atoms with Crippen LogP contribution in [-0.4, -0.2) is 31.0 Å². The van der Waals surface area contributed by atoms with Gasteiger partial charge in [-0.2, -0.15) is 0 Å². The Hall–Kier alpha value is -0.770. The van der Waals surface area contributed by atoms with E-state index in [0.717, 1.165) is 38.0 Å². The Balaban J connectivity index is 3.31. The van der Waals surface area contributed by atoms with E-state index in [-0.39, 0.29) is 11.9 Å². The predicted molar refractivity (Wildman–Crippen MR) is 112 cm³/mol. The van der Waals surface area contributed by atoms with Gasteiger partial charge < -0.3 is 9.47 Å². The number of halogens is 1. The van der Waals surface area contributed by atoms with Gasteiger partial charge in [-0.05, 0) is 44.4 Å². The van der Waals surface area contributed by atoms with Crippen molar-refractivity contribution < 1.29 is 19.1 Å². The molecule has 0 unspecified atom stereocenters. The molecule has 0 heterocycles. The molecule has 0 aromatic heterocycles. The molecular formula is C22H41ClO4. The van der Waals surface area contributed by atoms with Crippen molar-refractivity contribution in [3.63, 3.8) is 0 Å². The summed E-state index contributed by atoms with van der Waals surface area (Å²) >= 11 is 5.65. The summed E-state index contributed by atoms with van der Waals surface area (Å²) in [6.45, 7) is 5.34. The lowest BCUT2D eigenvalue weighted by Crippen LogP contribution is -2.08. The first-order valence-corrected chi connectivity index (χ1v) is 11.5. The van der Waals surface area contributed by atoms with Crippen molar-refractivity contribution in [1.29, 1.82) is 0 Å². The molecule has 0 saturated heterocycles. The fraction of sp³-hybridized carbons (Fsp3) is 0.909. The van der Waals surface area contributed by atoms with E-state index in [4.69, 9.17) is 21.1 Å². The van der Waals surface area contributed by atoms with E-state index in [1.807, 2.05) is 0 Å². The highest BCUT2D eigenvalue weighted by Gasteiger charge is 2.06. The Bertz CT molecular complexity index is 358. The molecule has 4 nitrogen and oxygen atoms in total. The normalized spacial score (nSPS) is 11.0. The summed E-state index contributed by atoms with van der Waals surface area (Å²) in [5.74, 6) is 1.10. The first-order chi connectivity index (χ1) is 13.1. The fourth-order valence-corrected chi connectivity index (χ4v) is 2.99.